The molecule has 0 aliphatic carbocycles. The summed E-state index contributed by atoms with van der Waals surface area (Å²) in [5.41, 5.74) is 2.31. The van der Waals surface area contributed by atoms with Crippen molar-refractivity contribution in [2.45, 2.75) is 6.54 Å². The van der Waals surface area contributed by atoms with Gasteiger partial charge in [-0.25, -0.2) is 15.0 Å². The lowest BCUT2D eigenvalue weighted by Crippen LogP contribution is -2.00. The van der Waals surface area contributed by atoms with Crippen molar-refractivity contribution in [3.05, 3.63) is 52.7 Å². The third-order valence-corrected chi connectivity index (χ3v) is 3.30. The summed E-state index contributed by atoms with van der Waals surface area (Å²) < 4.78 is 1.89. The van der Waals surface area contributed by atoms with Gasteiger partial charge in [0, 0.05) is 5.02 Å². The largest absolute Gasteiger partial charge is 0.311 e. The summed E-state index contributed by atoms with van der Waals surface area (Å²) in [6.07, 6.45) is 3.12. The SMILES string of the molecule is Clc1ccccc1Cn1cnc2c(Cl)ncnc21. The van der Waals surface area contributed by atoms with Gasteiger partial charge in [0.2, 0.25) is 0 Å². The topological polar surface area (TPSA) is 43.6 Å². The van der Waals surface area contributed by atoms with Gasteiger partial charge in [-0.15, -0.1) is 0 Å². The van der Waals surface area contributed by atoms with Crippen LogP contribution in [0.4, 0.5) is 0 Å². The first-order chi connectivity index (χ1) is 8.75. The Morgan fingerprint density at radius 1 is 1.06 bits per heavy atom. The van der Waals surface area contributed by atoms with Crippen LogP contribution < -0.4 is 0 Å². The number of rotatable bonds is 2. The first-order valence-corrected chi connectivity index (χ1v) is 6.06. The lowest BCUT2D eigenvalue weighted by atomic mass is 10.2. The molecule has 2 aromatic heterocycles. The molecule has 0 radical (unpaired) electrons. The van der Waals surface area contributed by atoms with Crippen molar-refractivity contribution >= 4 is 34.4 Å². The summed E-state index contributed by atoms with van der Waals surface area (Å²) >= 11 is 12.1. The smallest absolute Gasteiger partial charge is 0.165 e. The van der Waals surface area contributed by atoms with Crippen LogP contribution in [0.25, 0.3) is 11.2 Å². The molecular weight excluding hydrogens is 271 g/mol. The van der Waals surface area contributed by atoms with Gasteiger partial charge >= 0.3 is 0 Å². The molecule has 0 unspecified atom stereocenters. The monoisotopic (exact) mass is 278 g/mol. The fourth-order valence-corrected chi connectivity index (χ4v) is 2.15. The van der Waals surface area contributed by atoms with Gasteiger partial charge in [-0.2, -0.15) is 0 Å². The van der Waals surface area contributed by atoms with Crippen LogP contribution in [0.1, 0.15) is 5.56 Å². The Bertz CT molecular complexity index is 708. The first-order valence-electron chi connectivity index (χ1n) is 5.30. The zero-order valence-corrected chi connectivity index (χ0v) is 10.7. The van der Waals surface area contributed by atoms with Gasteiger partial charge < -0.3 is 4.57 Å². The molecule has 3 aromatic rings. The minimum absolute atomic E-state index is 0.359. The van der Waals surface area contributed by atoms with Gasteiger partial charge in [0.1, 0.15) is 11.8 Å². The van der Waals surface area contributed by atoms with Gasteiger partial charge in [-0.3, -0.25) is 0 Å². The zero-order valence-electron chi connectivity index (χ0n) is 9.22. The van der Waals surface area contributed by atoms with E-state index in [1.165, 1.54) is 6.33 Å². The second kappa shape index (κ2) is 4.55. The van der Waals surface area contributed by atoms with Crippen LogP contribution in [0.15, 0.2) is 36.9 Å². The molecule has 0 bridgehead atoms. The fourth-order valence-electron chi connectivity index (χ4n) is 1.78. The van der Waals surface area contributed by atoms with Crippen molar-refractivity contribution in [1.29, 1.82) is 0 Å². The molecule has 18 heavy (non-hydrogen) atoms. The Morgan fingerprint density at radius 3 is 2.72 bits per heavy atom. The van der Waals surface area contributed by atoms with Gasteiger partial charge in [0.25, 0.3) is 0 Å². The minimum atomic E-state index is 0.359. The van der Waals surface area contributed by atoms with Gasteiger partial charge in [0.05, 0.1) is 12.9 Å². The molecule has 90 valence electrons. The second-order valence-electron chi connectivity index (χ2n) is 3.80. The van der Waals surface area contributed by atoms with Crippen molar-refractivity contribution in [2.24, 2.45) is 0 Å². The predicted octanol–water partition coefficient (Wildman–Crippen LogP) is 3.18. The Morgan fingerprint density at radius 2 is 1.89 bits per heavy atom. The van der Waals surface area contributed by atoms with Crippen LogP contribution in [0.2, 0.25) is 10.2 Å². The van der Waals surface area contributed by atoms with E-state index in [9.17, 15) is 0 Å². The van der Waals surface area contributed by atoms with E-state index >= 15 is 0 Å². The minimum Gasteiger partial charge on any atom is -0.311 e. The molecule has 0 saturated carbocycles. The normalized spacial score (nSPS) is 11.0. The summed E-state index contributed by atoms with van der Waals surface area (Å²) in [4.78, 5) is 12.3. The van der Waals surface area contributed by atoms with E-state index in [0.717, 1.165) is 10.6 Å². The van der Waals surface area contributed by atoms with Gasteiger partial charge in [-0.1, -0.05) is 41.4 Å². The number of aromatic nitrogens is 4. The molecule has 0 fully saturated rings. The average molecular weight is 279 g/mol. The molecule has 0 spiro atoms. The van der Waals surface area contributed by atoms with Gasteiger partial charge in [0.15, 0.2) is 10.8 Å². The van der Waals surface area contributed by atoms with E-state index in [2.05, 4.69) is 15.0 Å². The Balaban J connectivity index is 2.06. The summed E-state index contributed by atoms with van der Waals surface area (Å²) in [5, 5.41) is 1.08. The van der Waals surface area contributed by atoms with Crippen molar-refractivity contribution in [3.63, 3.8) is 0 Å². The molecule has 2 heterocycles. The van der Waals surface area contributed by atoms with Crippen LogP contribution in [0.3, 0.4) is 0 Å². The quantitative estimate of drug-likeness (QED) is 0.677. The first kappa shape index (κ1) is 11.4. The van der Waals surface area contributed by atoms with Crippen molar-refractivity contribution in [1.82, 2.24) is 19.5 Å². The van der Waals surface area contributed by atoms with Crippen LogP contribution in [0.5, 0.6) is 0 Å². The number of benzene rings is 1. The number of nitrogens with zero attached hydrogens (tertiary/aromatic N) is 4. The van der Waals surface area contributed by atoms with Gasteiger partial charge in [-0.05, 0) is 11.6 Å². The molecule has 0 aliphatic heterocycles. The summed E-state index contributed by atoms with van der Waals surface area (Å²) in [6, 6.07) is 7.67. The number of imidazole rings is 1. The van der Waals surface area contributed by atoms with E-state index in [-0.39, 0.29) is 0 Å². The van der Waals surface area contributed by atoms with E-state index in [4.69, 9.17) is 23.2 Å². The molecule has 0 N–H and O–H groups in total. The van der Waals surface area contributed by atoms with Crippen LogP contribution in [-0.2, 0) is 6.54 Å². The summed E-state index contributed by atoms with van der Waals surface area (Å²) in [7, 11) is 0. The van der Waals surface area contributed by atoms with Crippen molar-refractivity contribution in [2.75, 3.05) is 0 Å². The fraction of sp³-hybridized carbons (Fsp3) is 0.0833. The highest BCUT2D eigenvalue weighted by molar-refractivity contribution is 6.33. The third-order valence-electron chi connectivity index (χ3n) is 2.66. The lowest BCUT2D eigenvalue weighted by molar-refractivity contribution is 0.813. The number of hydrogen-bond donors (Lipinski definition) is 0. The van der Waals surface area contributed by atoms with Crippen LogP contribution in [-0.4, -0.2) is 19.5 Å². The van der Waals surface area contributed by atoms with E-state index in [0.29, 0.717) is 22.9 Å². The highest BCUT2D eigenvalue weighted by Gasteiger charge is 2.09. The number of fused-ring (bicyclic) bond motifs is 1. The second-order valence-corrected chi connectivity index (χ2v) is 4.57. The highest BCUT2D eigenvalue weighted by Crippen LogP contribution is 2.20. The molecule has 0 aliphatic rings. The summed E-state index contributed by atoms with van der Waals surface area (Å²) in [6.45, 7) is 0.601. The number of halogens is 2. The maximum atomic E-state index is 6.13. The zero-order chi connectivity index (χ0) is 12.5. The maximum absolute atomic E-state index is 6.13. The van der Waals surface area contributed by atoms with Crippen LogP contribution in [0, 0.1) is 0 Å². The Kier molecular flexibility index (Phi) is 2.89. The molecule has 0 amide bonds. The molecule has 3 rings (SSSR count). The van der Waals surface area contributed by atoms with E-state index < -0.39 is 0 Å². The molecule has 1 aromatic carbocycles. The highest BCUT2D eigenvalue weighted by atomic mass is 35.5. The molecule has 6 heteroatoms. The maximum Gasteiger partial charge on any atom is 0.165 e. The standard InChI is InChI=1S/C12H8Cl2N4/c13-9-4-2-1-3-8(9)5-18-7-17-10-11(14)15-6-16-12(10)18/h1-4,6-7H,5H2. The third kappa shape index (κ3) is 1.94. The molecule has 0 atom stereocenters. The van der Waals surface area contributed by atoms with Crippen molar-refractivity contribution in [3.8, 4) is 0 Å². The predicted molar refractivity (Wildman–Crippen MR) is 70.9 cm³/mol. The Hall–Kier alpha value is -1.65. The lowest BCUT2D eigenvalue weighted by Gasteiger charge is -2.05. The van der Waals surface area contributed by atoms with Crippen LogP contribution >= 0.6 is 23.2 Å². The summed E-state index contributed by atoms with van der Waals surface area (Å²) in [5.74, 6) is 0. The molecular formula is C12H8Cl2N4. The molecule has 0 saturated heterocycles. The van der Waals surface area contributed by atoms with E-state index in [1.54, 1.807) is 6.33 Å². The number of hydrogen-bond acceptors (Lipinski definition) is 3. The molecule has 4 nitrogen and oxygen atoms in total. The Labute approximate surface area is 113 Å². The average Bonchev–Trinajstić information content (AvgIpc) is 2.77. The van der Waals surface area contributed by atoms with Crippen molar-refractivity contribution < 1.29 is 0 Å². The van der Waals surface area contributed by atoms with E-state index in [1.807, 2.05) is 28.8 Å².